The molecule has 0 spiro atoms. The summed E-state index contributed by atoms with van der Waals surface area (Å²) in [5, 5.41) is 19.5. The summed E-state index contributed by atoms with van der Waals surface area (Å²) in [6, 6.07) is 16.5. The Morgan fingerprint density at radius 3 is 1.96 bits per heavy atom. The number of nitrogens with zero attached hydrogens (tertiary/aromatic N) is 2. The van der Waals surface area contributed by atoms with Gasteiger partial charge in [-0.1, -0.05) is 60.7 Å². The first-order chi connectivity index (χ1) is 12.4. The number of aliphatic carboxylic acids is 2. The Labute approximate surface area is 149 Å². The van der Waals surface area contributed by atoms with Crippen LogP contribution >= 0.6 is 0 Å². The smallest absolute Gasteiger partial charge is 0.353 e. The lowest BCUT2D eigenvalue weighted by molar-refractivity contribution is -0.146. The highest BCUT2D eigenvalue weighted by atomic mass is 16.4. The third-order valence-corrected chi connectivity index (χ3v) is 4.33. The van der Waals surface area contributed by atoms with Crippen LogP contribution in [-0.2, 0) is 22.6 Å². The van der Waals surface area contributed by atoms with Crippen molar-refractivity contribution in [2.24, 2.45) is 4.99 Å². The van der Waals surface area contributed by atoms with Crippen LogP contribution in [0.3, 0.4) is 0 Å². The van der Waals surface area contributed by atoms with Crippen molar-refractivity contribution in [2.45, 2.75) is 18.5 Å². The minimum absolute atomic E-state index is 0.0565. The van der Waals surface area contributed by atoms with E-state index in [4.69, 9.17) is 0 Å². The van der Waals surface area contributed by atoms with Gasteiger partial charge >= 0.3 is 18.0 Å². The summed E-state index contributed by atoms with van der Waals surface area (Å²) in [7, 11) is 0. The number of benzene rings is 2. The van der Waals surface area contributed by atoms with E-state index in [-0.39, 0.29) is 13.0 Å². The van der Waals surface area contributed by atoms with Crippen molar-refractivity contribution < 1.29 is 24.6 Å². The van der Waals surface area contributed by atoms with Gasteiger partial charge in [0, 0.05) is 13.0 Å². The van der Waals surface area contributed by atoms with Gasteiger partial charge in [-0.2, -0.15) is 4.99 Å². The second-order valence-corrected chi connectivity index (χ2v) is 5.95. The Bertz CT molecular complexity index is 879. The molecule has 0 aromatic heterocycles. The highest BCUT2D eigenvalue weighted by Gasteiger charge is 2.58. The van der Waals surface area contributed by atoms with E-state index >= 15 is 0 Å². The molecule has 26 heavy (non-hydrogen) atoms. The van der Waals surface area contributed by atoms with E-state index in [9.17, 15) is 24.6 Å². The molecule has 1 aliphatic heterocycles. The van der Waals surface area contributed by atoms with Crippen LogP contribution in [0.5, 0.6) is 0 Å². The lowest BCUT2D eigenvalue weighted by Crippen LogP contribution is -2.60. The molecule has 3 rings (SSSR count). The van der Waals surface area contributed by atoms with Crippen LogP contribution in [0.1, 0.15) is 11.1 Å². The molecule has 0 aliphatic carbocycles. The molecule has 2 amide bonds. The van der Waals surface area contributed by atoms with E-state index in [0.717, 1.165) is 4.90 Å². The van der Waals surface area contributed by atoms with Gasteiger partial charge in [0.15, 0.2) is 11.3 Å². The Hall–Kier alpha value is -3.48. The fraction of sp³-hybridized carbons (Fsp3) is 0.158. The SMILES string of the molecule is O=C(O)C1=NC(=O)N(Cc2ccccc2)C1(Cc1ccccc1)C(=O)O. The molecule has 1 atom stereocenters. The van der Waals surface area contributed by atoms with Crippen molar-refractivity contribution >= 4 is 23.7 Å². The number of hydrogen-bond acceptors (Lipinski definition) is 3. The van der Waals surface area contributed by atoms with Crippen LogP contribution in [0.25, 0.3) is 0 Å². The molecular weight excluding hydrogens is 336 g/mol. The van der Waals surface area contributed by atoms with Crippen molar-refractivity contribution in [3.05, 3.63) is 71.8 Å². The standard InChI is InChI=1S/C19H16N2O5/c22-16(23)15-19(17(24)25,11-13-7-3-1-4-8-13)21(18(26)20-15)12-14-9-5-2-6-10-14/h1-10H,11-12H2,(H,22,23)(H,24,25). The molecule has 2 aromatic rings. The maximum absolute atomic E-state index is 12.4. The molecule has 132 valence electrons. The molecule has 7 nitrogen and oxygen atoms in total. The third kappa shape index (κ3) is 2.95. The summed E-state index contributed by atoms with van der Waals surface area (Å²) in [6.45, 7) is -0.0565. The maximum Gasteiger partial charge on any atom is 0.353 e. The fourth-order valence-corrected chi connectivity index (χ4v) is 3.10. The first kappa shape index (κ1) is 17.3. The number of carboxylic acid groups (broad SMARTS) is 2. The van der Waals surface area contributed by atoms with Crippen LogP contribution in [0.2, 0.25) is 0 Å². The number of carbonyl (C=O) groups excluding carboxylic acids is 1. The number of amides is 2. The zero-order chi connectivity index (χ0) is 18.7. The third-order valence-electron chi connectivity index (χ3n) is 4.33. The summed E-state index contributed by atoms with van der Waals surface area (Å²) < 4.78 is 0. The van der Waals surface area contributed by atoms with Gasteiger partial charge < -0.3 is 10.2 Å². The van der Waals surface area contributed by atoms with Crippen molar-refractivity contribution in [2.75, 3.05) is 0 Å². The van der Waals surface area contributed by atoms with E-state index in [0.29, 0.717) is 11.1 Å². The first-order valence-electron chi connectivity index (χ1n) is 7.90. The van der Waals surface area contributed by atoms with Gasteiger partial charge in [-0.3, -0.25) is 4.90 Å². The average molecular weight is 352 g/mol. The number of hydrogen-bond donors (Lipinski definition) is 2. The van der Waals surface area contributed by atoms with Crippen LogP contribution in [-0.4, -0.2) is 44.3 Å². The zero-order valence-corrected chi connectivity index (χ0v) is 13.7. The number of urea groups is 1. The van der Waals surface area contributed by atoms with Gasteiger partial charge in [0.1, 0.15) is 0 Å². The molecule has 1 aliphatic rings. The lowest BCUT2D eigenvalue weighted by Gasteiger charge is -2.34. The molecule has 0 fully saturated rings. The minimum Gasteiger partial charge on any atom is -0.479 e. The highest BCUT2D eigenvalue weighted by molar-refractivity contribution is 6.47. The Morgan fingerprint density at radius 1 is 0.923 bits per heavy atom. The average Bonchev–Trinajstić information content (AvgIpc) is 2.91. The van der Waals surface area contributed by atoms with Crippen molar-refractivity contribution in [3.8, 4) is 0 Å². The second kappa shape index (κ2) is 6.79. The molecule has 0 bridgehead atoms. The van der Waals surface area contributed by atoms with Gasteiger partial charge in [-0.05, 0) is 11.1 Å². The summed E-state index contributed by atoms with van der Waals surface area (Å²) in [6.07, 6.45) is -0.188. The molecule has 0 saturated carbocycles. The first-order valence-corrected chi connectivity index (χ1v) is 7.90. The Morgan fingerprint density at radius 2 is 1.46 bits per heavy atom. The second-order valence-electron chi connectivity index (χ2n) is 5.95. The van der Waals surface area contributed by atoms with Crippen LogP contribution in [0.15, 0.2) is 65.7 Å². The van der Waals surface area contributed by atoms with Crippen molar-refractivity contribution in [1.29, 1.82) is 0 Å². The largest absolute Gasteiger partial charge is 0.479 e. The van der Waals surface area contributed by atoms with Crippen LogP contribution in [0, 0.1) is 0 Å². The Kier molecular flexibility index (Phi) is 4.53. The lowest BCUT2D eigenvalue weighted by atomic mass is 9.84. The van der Waals surface area contributed by atoms with Gasteiger partial charge in [0.2, 0.25) is 0 Å². The molecular formula is C19H16N2O5. The molecule has 1 unspecified atom stereocenters. The van der Waals surface area contributed by atoms with E-state index in [2.05, 4.69) is 4.99 Å². The molecule has 1 heterocycles. The van der Waals surface area contributed by atoms with Gasteiger partial charge in [0.25, 0.3) is 0 Å². The summed E-state index contributed by atoms with van der Waals surface area (Å²) >= 11 is 0. The van der Waals surface area contributed by atoms with E-state index in [1.807, 2.05) is 0 Å². The topological polar surface area (TPSA) is 107 Å². The number of rotatable bonds is 6. The van der Waals surface area contributed by atoms with Gasteiger partial charge in [-0.25, -0.2) is 14.4 Å². The normalized spacial score (nSPS) is 19.3. The van der Waals surface area contributed by atoms with Crippen LogP contribution < -0.4 is 0 Å². The predicted molar refractivity (Wildman–Crippen MR) is 93.0 cm³/mol. The molecule has 2 N–H and O–H groups in total. The van der Waals surface area contributed by atoms with Crippen LogP contribution in [0.4, 0.5) is 4.79 Å². The molecule has 0 radical (unpaired) electrons. The predicted octanol–water partition coefficient (Wildman–Crippen LogP) is 2.21. The molecule has 0 saturated heterocycles. The highest BCUT2D eigenvalue weighted by Crippen LogP contribution is 2.32. The zero-order valence-electron chi connectivity index (χ0n) is 13.7. The monoisotopic (exact) mass is 352 g/mol. The fourth-order valence-electron chi connectivity index (χ4n) is 3.10. The summed E-state index contributed by atoms with van der Waals surface area (Å²) in [5.74, 6) is -2.95. The number of carbonyl (C=O) groups is 3. The van der Waals surface area contributed by atoms with E-state index < -0.39 is 29.2 Å². The Balaban J connectivity index is 2.09. The summed E-state index contributed by atoms with van der Waals surface area (Å²) in [5.41, 5.74) is -1.46. The van der Waals surface area contributed by atoms with Crippen molar-refractivity contribution in [1.82, 2.24) is 4.90 Å². The molecule has 2 aromatic carbocycles. The van der Waals surface area contributed by atoms with E-state index in [1.54, 1.807) is 60.7 Å². The van der Waals surface area contributed by atoms with Gasteiger partial charge in [0.05, 0.1) is 0 Å². The van der Waals surface area contributed by atoms with Gasteiger partial charge in [-0.15, -0.1) is 0 Å². The minimum atomic E-state index is -2.07. The number of carboxylic acids is 2. The van der Waals surface area contributed by atoms with Crippen molar-refractivity contribution in [3.63, 3.8) is 0 Å². The quantitative estimate of drug-likeness (QED) is 0.829. The maximum atomic E-state index is 12.4. The molecule has 7 heteroatoms. The van der Waals surface area contributed by atoms with E-state index in [1.165, 1.54) is 0 Å². The summed E-state index contributed by atoms with van der Waals surface area (Å²) in [4.78, 5) is 40.9. The number of aliphatic imine (C=N–C) groups is 1.